The van der Waals surface area contributed by atoms with Crippen molar-refractivity contribution < 1.29 is 24.5 Å². The van der Waals surface area contributed by atoms with Crippen LogP contribution < -0.4 is 5.32 Å². The molecule has 0 aromatic carbocycles. The maximum atomic E-state index is 13.2. The normalized spacial score (nSPS) is 14.2. The number of aliphatic hydroxyl groups excluding tert-OH is 2. The Hall–Kier alpha value is -3.48. The van der Waals surface area contributed by atoms with E-state index in [1.807, 2.05) is 6.08 Å². The van der Waals surface area contributed by atoms with Crippen molar-refractivity contribution in [3.63, 3.8) is 0 Å². The van der Waals surface area contributed by atoms with E-state index in [1.54, 1.807) is 6.08 Å². The minimum atomic E-state index is -0.829. The molecule has 0 aromatic rings. The minimum Gasteiger partial charge on any atom is -0.458 e. The van der Waals surface area contributed by atoms with Gasteiger partial charge in [0.2, 0.25) is 5.91 Å². The minimum absolute atomic E-state index is 0.0620. The highest BCUT2D eigenvalue weighted by Gasteiger charge is 2.23. The van der Waals surface area contributed by atoms with Gasteiger partial charge in [-0.3, -0.25) is 9.59 Å². The topological polar surface area (TPSA) is 95.9 Å². The molecular formula is C56H93NO5. The molecule has 0 aromatic heterocycles. The third-order valence-electron chi connectivity index (χ3n) is 10.7. The Morgan fingerprint density at radius 3 is 1.48 bits per heavy atom. The van der Waals surface area contributed by atoms with Crippen LogP contribution in [0.25, 0.3) is 0 Å². The van der Waals surface area contributed by atoms with Gasteiger partial charge in [-0.05, 0) is 76.7 Å². The molecule has 0 saturated carbocycles. The summed E-state index contributed by atoms with van der Waals surface area (Å²) in [6, 6.07) is -0.753. The quantitative estimate of drug-likeness (QED) is 0.0246. The molecule has 62 heavy (non-hydrogen) atoms. The van der Waals surface area contributed by atoms with E-state index in [9.17, 15) is 19.8 Å². The molecule has 0 bridgehead atoms. The number of amides is 1. The van der Waals surface area contributed by atoms with Gasteiger partial charge < -0.3 is 20.3 Å². The number of hydrogen-bond donors (Lipinski definition) is 3. The van der Waals surface area contributed by atoms with E-state index in [0.29, 0.717) is 19.3 Å². The lowest BCUT2D eigenvalue weighted by Gasteiger charge is -2.23. The second kappa shape index (κ2) is 48.6. The lowest BCUT2D eigenvalue weighted by atomic mass is 10.0. The summed E-state index contributed by atoms with van der Waals surface area (Å²) in [5, 5.41) is 23.7. The van der Waals surface area contributed by atoms with Crippen molar-refractivity contribution in [3.8, 4) is 0 Å². The molecule has 0 aliphatic carbocycles. The van der Waals surface area contributed by atoms with E-state index in [4.69, 9.17) is 4.74 Å². The summed E-state index contributed by atoms with van der Waals surface area (Å²) in [5.74, 6) is -0.664. The zero-order valence-corrected chi connectivity index (χ0v) is 40.0. The molecule has 3 unspecified atom stereocenters. The number of hydrogen-bond acceptors (Lipinski definition) is 5. The van der Waals surface area contributed by atoms with Crippen molar-refractivity contribution in [2.45, 2.75) is 225 Å². The maximum absolute atomic E-state index is 13.2. The molecule has 3 N–H and O–H groups in total. The van der Waals surface area contributed by atoms with Gasteiger partial charge in [0.1, 0.15) is 6.10 Å². The summed E-state index contributed by atoms with van der Waals surface area (Å²) >= 11 is 0. The van der Waals surface area contributed by atoms with E-state index < -0.39 is 18.2 Å². The number of aliphatic hydroxyl groups is 2. The highest BCUT2D eigenvalue weighted by molar-refractivity contribution is 5.78. The zero-order valence-electron chi connectivity index (χ0n) is 40.0. The number of ether oxygens (including phenoxy) is 1. The molecular weight excluding hydrogens is 767 g/mol. The molecule has 0 radical (unpaired) electrons. The Labute approximate surface area is 381 Å². The Bertz CT molecular complexity index is 1280. The number of carbonyl (C=O) groups is 2. The largest absolute Gasteiger partial charge is 0.458 e. The fourth-order valence-electron chi connectivity index (χ4n) is 6.90. The monoisotopic (exact) mass is 860 g/mol. The predicted molar refractivity (Wildman–Crippen MR) is 268 cm³/mol. The summed E-state index contributed by atoms with van der Waals surface area (Å²) in [6.45, 7) is 6.18. The molecule has 0 fully saturated rings. The third-order valence-corrected chi connectivity index (χ3v) is 10.7. The second-order valence-corrected chi connectivity index (χ2v) is 16.5. The van der Waals surface area contributed by atoms with Gasteiger partial charge in [0.25, 0.3) is 0 Å². The van der Waals surface area contributed by atoms with Crippen molar-refractivity contribution in [2.24, 2.45) is 0 Å². The first-order valence-electron chi connectivity index (χ1n) is 25.2. The highest BCUT2D eigenvalue weighted by atomic mass is 16.5. The first-order chi connectivity index (χ1) is 30.5. The van der Waals surface area contributed by atoms with E-state index in [-0.39, 0.29) is 24.9 Å². The first-order valence-corrected chi connectivity index (χ1v) is 25.2. The number of carbonyl (C=O) groups excluding carboxylic acids is 2. The summed E-state index contributed by atoms with van der Waals surface area (Å²) in [6.07, 6.45) is 66.0. The van der Waals surface area contributed by atoms with Crippen molar-refractivity contribution >= 4 is 11.9 Å². The molecule has 0 spiro atoms. The summed E-state index contributed by atoms with van der Waals surface area (Å²) in [7, 11) is 0. The van der Waals surface area contributed by atoms with Crippen LogP contribution in [0.3, 0.4) is 0 Å². The van der Waals surface area contributed by atoms with Crippen molar-refractivity contribution in [2.75, 3.05) is 6.61 Å². The Morgan fingerprint density at radius 2 is 0.968 bits per heavy atom. The van der Waals surface area contributed by atoms with Crippen LogP contribution in [0.5, 0.6) is 0 Å². The molecule has 3 atom stereocenters. The van der Waals surface area contributed by atoms with Crippen LogP contribution in [0, 0.1) is 0 Å². The highest BCUT2D eigenvalue weighted by Crippen LogP contribution is 2.15. The van der Waals surface area contributed by atoms with Gasteiger partial charge in [0.15, 0.2) is 0 Å². The second-order valence-electron chi connectivity index (χ2n) is 16.5. The molecule has 0 aliphatic rings. The van der Waals surface area contributed by atoms with Gasteiger partial charge in [-0.25, -0.2) is 0 Å². The molecule has 0 aliphatic heterocycles. The maximum Gasteiger partial charge on any atom is 0.306 e. The van der Waals surface area contributed by atoms with Crippen molar-refractivity contribution in [1.29, 1.82) is 0 Å². The number of unbranched alkanes of at least 4 members (excludes halogenated alkanes) is 17. The number of allylic oxidation sites excluding steroid dienone is 17. The van der Waals surface area contributed by atoms with Crippen LogP contribution in [0.15, 0.2) is 109 Å². The van der Waals surface area contributed by atoms with Gasteiger partial charge in [0, 0.05) is 6.42 Å². The SMILES string of the molecule is CC/C=C\C/C=C\C/C=C\C/C=C\C/C=C\C/C=C\C(CC(=O)NC(CO)C(O)CCCCCCCCCCCCCCC)OC(=O)CCCCCCC\C=C/C=C/C=C/CC. The summed E-state index contributed by atoms with van der Waals surface area (Å²) in [4.78, 5) is 26.1. The standard InChI is InChI=1S/C56H93NO5/c1-4-7-10-13-16-19-22-25-26-27-28-31-32-35-38-41-44-47-52(62-56(61)49-46-43-40-37-34-30-24-21-18-15-12-9-6-3)50-55(60)57-53(51-58)54(59)48-45-42-39-36-33-29-23-20-17-14-11-8-5-2/h7,9-10,12,15-16,18-19,21,24-26,28,31,35,38,44,47,52-54,58-59H,4-6,8,11,13-14,17,20,22-23,27,29-30,32-34,36-37,39-43,45-46,48-51H2,1-3H3,(H,57,60)/b10-7-,12-9+,18-15+,19-16-,24-21-,26-25-,31-28-,38-35-,47-44-. The van der Waals surface area contributed by atoms with Crippen LogP contribution in [-0.4, -0.2) is 46.9 Å². The molecule has 1 amide bonds. The molecule has 0 saturated heterocycles. The summed E-state index contributed by atoms with van der Waals surface area (Å²) < 4.78 is 5.81. The van der Waals surface area contributed by atoms with Gasteiger partial charge in [-0.15, -0.1) is 0 Å². The fourth-order valence-corrected chi connectivity index (χ4v) is 6.90. The molecule has 352 valence electrons. The Morgan fingerprint density at radius 1 is 0.516 bits per heavy atom. The summed E-state index contributed by atoms with van der Waals surface area (Å²) in [5.41, 5.74) is 0. The number of nitrogens with one attached hydrogen (secondary N) is 1. The van der Waals surface area contributed by atoms with Gasteiger partial charge in [-0.1, -0.05) is 227 Å². The average molecular weight is 860 g/mol. The van der Waals surface area contributed by atoms with E-state index in [0.717, 1.165) is 96.3 Å². The van der Waals surface area contributed by atoms with Gasteiger partial charge in [-0.2, -0.15) is 0 Å². The average Bonchev–Trinajstić information content (AvgIpc) is 3.26. The van der Waals surface area contributed by atoms with Crippen molar-refractivity contribution in [3.05, 3.63) is 109 Å². The van der Waals surface area contributed by atoms with Crippen LogP contribution >= 0.6 is 0 Å². The van der Waals surface area contributed by atoms with Crippen LogP contribution in [-0.2, 0) is 14.3 Å². The first kappa shape index (κ1) is 58.5. The third kappa shape index (κ3) is 43.2. The number of esters is 1. The smallest absolute Gasteiger partial charge is 0.306 e. The Balaban J connectivity index is 4.83. The molecule has 6 nitrogen and oxygen atoms in total. The van der Waals surface area contributed by atoms with Crippen LogP contribution in [0.1, 0.15) is 207 Å². The zero-order chi connectivity index (χ0) is 45.2. The lowest BCUT2D eigenvalue weighted by molar-refractivity contribution is -0.148. The van der Waals surface area contributed by atoms with Gasteiger partial charge >= 0.3 is 5.97 Å². The van der Waals surface area contributed by atoms with Crippen LogP contribution in [0.4, 0.5) is 0 Å². The van der Waals surface area contributed by atoms with Crippen LogP contribution in [0.2, 0.25) is 0 Å². The fraction of sp³-hybridized carbons (Fsp3) is 0.643. The van der Waals surface area contributed by atoms with E-state index in [2.05, 4.69) is 123 Å². The van der Waals surface area contributed by atoms with Gasteiger partial charge in [0.05, 0.1) is 25.2 Å². The lowest BCUT2D eigenvalue weighted by Crippen LogP contribution is -2.46. The number of rotatable bonds is 43. The molecule has 6 heteroatoms. The Kier molecular flexibility index (Phi) is 45.8. The van der Waals surface area contributed by atoms with Crippen molar-refractivity contribution in [1.82, 2.24) is 5.32 Å². The van der Waals surface area contributed by atoms with E-state index >= 15 is 0 Å². The predicted octanol–water partition coefficient (Wildman–Crippen LogP) is 15.1. The van der Waals surface area contributed by atoms with E-state index in [1.165, 1.54) is 64.2 Å². The molecule has 0 heterocycles. The molecule has 0 rings (SSSR count).